The van der Waals surface area contributed by atoms with Gasteiger partial charge < -0.3 is 5.32 Å². The number of nitrogens with one attached hydrogen (secondary N) is 1. The van der Waals surface area contributed by atoms with Crippen LogP contribution in [0.5, 0.6) is 0 Å². The van der Waals surface area contributed by atoms with Crippen molar-refractivity contribution in [3.63, 3.8) is 0 Å². The quantitative estimate of drug-likeness (QED) is 0.879. The minimum absolute atomic E-state index is 0.596. The van der Waals surface area contributed by atoms with E-state index in [1.165, 1.54) is 4.88 Å². The van der Waals surface area contributed by atoms with Gasteiger partial charge in [0, 0.05) is 21.2 Å². The number of fused-ring (bicyclic) bond motifs is 1. The molecular formula is C15H13ClN2S. The summed E-state index contributed by atoms with van der Waals surface area (Å²) in [5.41, 5.74) is 1.48. The number of nitriles is 1. The average molecular weight is 289 g/mol. The summed E-state index contributed by atoms with van der Waals surface area (Å²) in [6.45, 7) is 0. The average Bonchev–Trinajstić information content (AvgIpc) is 2.91. The van der Waals surface area contributed by atoms with Gasteiger partial charge in [0.25, 0.3) is 0 Å². The second-order valence-electron chi connectivity index (χ2n) is 4.76. The molecule has 96 valence electrons. The second kappa shape index (κ2) is 4.88. The van der Waals surface area contributed by atoms with Gasteiger partial charge in [-0.2, -0.15) is 5.26 Å². The van der Waals surface area contributed by atoms with Crippen molar-refractivity contribution < 1.29 is 0 Å². The molecule has 0 saturated heterocycles. The predicted molar refractivity (Wildman–Crippen MR) is 79.6 cm³/mol. The van der Waals surface area contributed by atoms with Crippen LogP contribution in [0.15, 0.2) is 35.7 Å². The Labute approximate surface area is 121 Å². The maximum atomic E-state index is 9.69. The highest BCUT2D eigenvalue weighted by Gasteiger charge is 2.37. The third-order valence-corrected chi connectivity index (χ3v) is 4.79. The van der Waals surface area contributed by atoms with Crippen molar-refractivity contribution in [2.75, 3.05) is 5.32 Å². The fourth-order valence-electron chi connectivity index (χ4n) is 2.62. The van der Waals surface area contributed by atoms with E-state index in [2.05, 4.69) is 22.8 Å². The summed E-state index contributed by atoms with van der Waals surface area (Å²) in [6.07, 6.45) is 2.97. The number of rotatable bonds is 2. The maximum absolute atomic E-state index is 9.69. The van der Waals surface area contributed by atoms with E-state index in [1.807, 2.05) is 24.3 Å². The van der Waals surface area contributed by atoms with E-state index in [9.17, 15) is 5.26 Å². The molecule has 0 spiro atoms. The van der Waals surface area contributed by atoms with Crippen molar-refractivity contribution in [1.82, 2.24) is 0 Å². The largest absolute Gasteiger partial charge is 0.364 e. The molecule has 0 bridgehead atoms. The fourth-order valence-corrected chi connectivity index (χ4v) is 3.74. The Bertz CT molecular complexity index is 626. The second-order valence-corrected chi connectivity index (χ2v) is 6.20. The normalized spacial score (nSPS) is 21.5. The van der Waals surface area contributed by atoms with E-state index in [4.69, 9.17) is 11.6 Å². The molecule has 1 atom stereocenters. The molecule has 4 heteroatoms. The first-order chi connectivity index (χ1) is 9.23. The van der Waals surface area contributed by atoms with E-state index in [1.54, 1.807) is 11.3 Å². The van der Waals surface area contributed by atoms with Crippen LogP contribution in [0.3, 0.4) is 0 Å². The van der Waals surface area contributed by atoms with Gasteiger partial charge in [0.05, 0.1) is 6.07 Å². The minimum atomic E-state index is -0.596. The van der Waals surface area contributed by atoms with E-state index in [0.717, 1.165) is 30.5 Å². The lowest BCUT2D eigenvalue weighted by Crippen LogP contribution is -2.36. The Morgan fingerprint density at radius 1 is 1.26 bits per heavy atom. The third-order valence-electron chi connectivity index (χ3n) is 3.55. The van der Waals surface area contributed by atoms with Crippen LogP contribution in [-0.4, -0.2) is 0 Å². The molecule has 1 aromatic carbocycles. The first kappa shape index (κ1) is 12.5. The Balaban J connectivity index is 1.98. The van der Waals surface area contributed by atoms with Crippen LogP contribution < -0.4 is 5.32 Å². The molecule has 0 fully saturated rings. The van der Waals surface area contributed by atoms with Gasteiger partial charge in [-0.1, -0.05) is 11.6 Å². The van der Waals surface area contributed by atoms with Gasteiger partial charge in [0.1, 0.15) is 0 Å². The summed E-state index contributed by atoms with van der Waals surface area (Å²) in [4.78, 5) is 1.33. The summed E-state index contributed by atoms with van der Waals surface area (Å²) in [6, 6.07) is 12.1. The van der Waals surface area contributed by atoms with Crippen LogP contribution >= 0.6 is 22.9 Å². The smallest absolute Gasteiger partial charge is 0.152 e. The van der Waals surface area contributed by atoms with Gasteiger partial charge in [0.2, 0.25) is 0 Å². The molecule has 2 nitrogen and oxygen atoms in total. The van der Waals surface area contributed by atoms with Crippen molar-refractivity contribution in [2.24, 2.45) is 0 Å². The summed E-state index contributed by atoms with van der Waals surface area (Å²) < 4.78 is 0. The van der Waals surface area contributed by atoms with Gasteiger partial charge in [-0.25, -0.2) is 0 Å². The summed E-state index contributed by atoms with van der Waals surface area (Å²) in [5, 5.41) is 15.9. The molecule has 1 unspecified atom stereocenters. The molecule has 2 aromatic rings. The van der Waals surface area contributed by atoms with E-state index >= 15 is 0 Å². The zero-order valence-electron chi connectivity index (χ0n) is 10.3. The van der Waals surface area contributed by atoms with E-state index in [0.29, 0.717) is 5.02 Å². The molecule has 1 aliphatic rings. The third kappa shape index (κ3) is 2.22. The van der Waals surface area contributed by atoms with Crippen LogP contribution in [0, 0.1) is 11.3 Å². The Morgan fingerprint density at radius 2 is 2.05 bits per heavy atom. The standard InChI is InChI=1S/C15H13ClN2S/c16-11-3-5-12(6-4-11)18-15(10-17)8-1-2-14-13(15)7-9-19-14/h3-7,9,18H,1-2,8H2. The monoisotopic (exact) mass is 288 g/mol. The first-order valence-electron chi connectivity index (χ1n) is 6.25. The summed E-state index contributed by atoms with van der Waals surface area (Å²) in [5.74, 6) is 0. The Kier molecular flexibility index (Phi) is 3.22. The number of benzene rings is 1. The van der Waals surface area contributed by atoms with Crippen LogP contribution in [0.25, 0.3) is 0 Å². The highest BCUT2D eigenvalue weighted by atomic mass is 35.5. The molecule has 1 heterocycles. The molecule has 1 aromatic heterocycles. The fraction of sp³-hybridized carbons (Fsp3) is 0.267. The molecule has 1 N–H and O–H groups in total. The zero-order chi connectivity index (χ0) is 13.3. The Morgan fingerprint density at radius 3 is 2.79 bits per heavy atom. The molecule has 0 radical (unpaired) electrons. The molecule has 0 aliphatic heterocycles. The van der Waals surface area contributed by atoms with Gasteiger partial charge in [-0.05, 0) is 55.0 Å². The van der Waals surface area contributed by atoms with Gasteiger partial charge in [0.15, 0.2) is 5.54 Å². The molecule has 1 aliphatic carbocycles. The number of aryl methyl sites for hydroxylation is 1. The number of halogens is 1. The van der Waals surface area contributed by atoms with Crippen molar-refractivity contribution in [1.29, 1.82) is 5.26 Å². The van der Waals surface area contributed by atoms with Gasteiger partial charge >= 0.3 is 0 Å². The van der Waals surface area contributed by atoms with E-state index < -0.39 is 5.54 Å². The molecule has 3 rings (SSSR count). The zero-order valence-corrected chi connectivity index (χ0v) is 11.9. The first-order valence-corrected chi connectivity index (χ1v) is 7.51. The molecular weight excluding hydrogens is 276 g/mol. The van der Waals surface area contributed by atoms with Crippen molar-refractivity contribution >= 4 is 28.6 Å². The molecule has 19 heavy (non-hydrogen) atoms. The van der Waals surface area contributed by atoms with Crippen molar-refractivity contribution in [3.05, 3.63) is 51.2 Å². The van der Waals surface area contributed by atoms with Crippen LogP contribution in [-0.2, 0) is 12.0 Å². The topological polar surface area (TPSA) is 35.8 Å². The predicted octanol–water partition coefficient (Wildman–Crippen LogP) is 4.57. The van der Waals surface area contributed by atoms with Crippen LogP contribution in [0.4, 0.5) is 5.69 Å². The summed E-state index contributed by atoms with van der Waals surface area (Å²) in [7, 11) is 0. The number of hydrogen-bond donors (Lipinski definition) is 1. The van der Waals surface area contributed by atoms with Crippen LogP contribution in [0.2, 0.25) is 5.02 Å². The van der Waals surface area contributed by atoms with Gasteiger partial charge in [-0.15, -0.1) is 11.3 Å². The van der Waals surface area contributed by atoms with Crippen LogP contribution in [0.1, 0.15) is 23.3 Å². The lowest BCUT2D eigenvalue weighted by molar-refractivity contribution is 0.511. The number of thiophene rings is 1. The lowest BCUT2D eigenvalue weighted by atomic mass is 9.81. The van der Waals surface area contributed by atoms with E-state index in [-0.39, 0.29) is 0 Å². The Hall–Kier alpha value is -1.50. The van der Waals surface area contributed by atoms with Crippen molar-refractivity contribution in [2.45, 2.75) is 24.8 Å². The number of hydrogen-bond acceptors (Lipinski definition) is 3. The maximum Gasteiger partial charge on any atom is 0.152 e. The minimum Gasteiger partial charge on any atom is -0.364 e. The van der Waals surface area contributed by atoms with Crippen molar-refractivity contribution in [3.8, 4) is 6.07 Å². The molecule has 0 saturated carbocycles. The highest BCUT2D eigenvalue weighted by molar-refractivity contribution is 7.10. The number of nitrogens with zero attached hydrogens (tertiary/aromatic N) is 1. The van der Waals surface area contributed by atoms with Gasteiger partial charge in [-0.3, -0.25) is 0 Å². The number of anilines is 1. The summed E-state index contributed by atoms with van der Waals surface area (Å²) >= 11 is 7.64. The lowest BCUT2D eigenvalue weighted by Gasteiger charge is -2.33. The highest BCUT2D eigenvalue weighted by Crippen LogP contribution is 2.40. The molecule has 0 amide bonds. The SMILES string of the molecule is N#CC1(Nc2ccc(Cl)cc2)CCCc2sccc21.